The lowest BCUT2D eigenvalue weighted by Crippen LogP contribution is -2.14. The normalized spacial score (nSPS) is 10.5. The summed E-state index contributed by atoms with van der Waals surface area (Å²) in [6.45, 7) is 5.50. The third-order valence-corrected chi connectivity index (χ3v) is 4.72. The van der Waals surface area contributed by atoms with Crippen LogP contribution < -0.4 is 10.6 Å². The number of carbonyl (C=O) groups excluding carboxylic acids is 2. The zero-order valence-electron chi connectivity index (χ0n) is 14.3. The maximum absolute atomic E-state index is 12.7. The first-order valence-electron chi connectivity index (χ1n) is 7.87. The second-order valence-corrected chi connectivity index (χ2v) is 6.70. The topological polar surface area (TPSA) is 63.1 Å². The van der Waals surface area contributed by atoms with Gasteiger partial charge in [-0.3, -0.25) is 9.59 Å². The van der Waals surface area contributed by atoms with Gasteiger partial charge in [-0.15, -0.1) is 11.3 Å². The second-order valence-electron chi connectivity index (χ2n) is 5.80. The van der Waals surface area contributed by atoms with Crippen LogP contribution in [0.3, 0.4) is 0 Å². The minimum atomic E-state index is -0.156. The van der Waals surface area contributed by atoms with E-state index in [-0.39, 0.29) is 11.8 Å². The van der Waals surface area contributed by atoms with Gasteiger partial charge in [0.25, 0.3) is 5.91 Å². The average Bonchev–Trinajstić information content (AvgIpc) is 3.15. The van der Waals surface area contributed by atoms with E-state index in [0.717, 1.165) is 16.4 Å². The van der Waals surface area contributed by atoms with Crippen molar-refractivity contribution in [2.45, 2.75) is 20.8 Å². The van der Waals surface area contributed by atoms with E-state index in [1.165, 1.54) is 18.3 Å². The molecule has 0 aliphatic carbocycles. The number of rotatable bonds is 4. The fraction of sp³-hybridized carbons (Fsp3) is 0.158. The molecule has 6 heteroatoms. The summed E-state index contributed by atoms with van der Waals surface area (Å²) in [7, 11) is 0. The summed E-state index contributed by atoms with van der Waals surface area (Å²) in [5.41, 5.74) is 4.19. The van der Waals surface area contributed by atoms with E-state index in [1.807, 2.05) is 37.4 Å². The molecule has 0 fully saturated rings. The molecule has 0 aliphatic rings. The summed E-state index contributed by atoms with van der Waals surface area (Å²) in [5, 5.41) is 8.44. The van der Waals surface area contributed by atoms with Crippen LogP contribution in [0.4, 0.5) is 11.4 Å². The van der Waals surface area contributed by atoms with Crippen molar-refractivity contribution in [1.82, 2.24) is 4.57 Å². The van der Waals surface area contributed by atoms with Gasteiger partial charge in [0.2, 0.25) is 5.91 Å². The molecule has 128 valence electrons. The largest absolute Gasteiger partial charge is 0.326 e. The zero-order valence-corrected chi connectivity index (χ0v) is 15.1. The molecule has 0 atom stereocenters. The highest BCUT2D eigenvalue weighted by molar-refractivity contribution is 7.13. The van der Waals surface area contributed by atoms with Crippen molar-refractivity contribution in [2.75, 3.05) is 10.6 Å². The minimum Gasteiger partial charge on any atom is -0.326 e. The molecule has 2 heterocycles. The molecule has 3 aromatic rings. The number of nitrogens with one attached hydrogen (secondary N) is 2. The number of hydrogen-bond acceptors (Lipinski definition) is 3. The molecule has 2 aromatic heterocycles. The Balaban J connectivity index is 1.81. The van der Waals surface area contributed by atoms with Crippen LogP contribution in [0.5, 0.6) is 0 Å². The number of carbonyl (C=O) groups is 2. The summed E-state index contributed by atoms with van der Waals surface area (Å²) in [6.07, 6.45) is 0. The van der Waals surface area contributed by atoms with Crippen molar-refractivity contribution < 1.29 is 9.59 Å². The van der Waals surface area contributed by atoms with Crippen LogP contribution in [0.2, 0.25) is 0 Å². The Morgan fingerprint density at radius 2 is 1.44 bits per heavy atom. The molecule has 2 amide bonds. The molecule has 0 saturated heterocycles. The lowest BCUT2D eigenvalue weighted by molar-refractivity contribution is -0.114. The average molecular weight is 353 g/mol. The van der Waals surface area contributed by atoms with E-state index in [0.29, 0.717) is 16.9 Å². The van der Waals surface area contributed by atoms with E-state index in [9.17, 15) is 9.59 Å². The summed E-state index contributed by atoms with van der Waals surface area (Å²) >= 11 is 1.54. The van der Waals surface area contributed by atoms with Gasteiger partial charge in [-0.25, -0.2) is 0 Å². The van der Waals surface area contributed by atoms with Crippen LogP contribution in [0, 0.1) is 13.8 Å². The zero-order chi connectivity index (χ0) is 18.0. The van der Waals surface area contributed by atoms with E-state index < -0.39 is 0 Å². The second kappa shape index (κ2) is 6.94. The smallest absolute Gasteiger partial charge is 0.258 e. The van der Waals surface area contributed by atoms with Crippen molar-refractivity contribution >= 4 is 34.5 Å². The molecule has 0 unspecified atom stereocenters. The van der Waals surface area contributed by atoms with Crippen LogP contribution >= 0.6 is 11.3 Å². The van der Waals surface area contributed by atoms with E-state index >= 15 is 0 Å². The molecule has 0 bridgehead atoms. The molecule has 0 saturated carbocycles. The predicted octanol–water partition coefficient (Wildman–Crippen LogP) is 4.37. The number of aromatic nitrogens is 1. The molecule has 0 aliphatic heterocycles. The summed E-state index contributed by atoms with van der Waals surface area (Å²) in [6, 6.07) is 13.0. The highest BCUT2D eigenvalue weighted by atomic mass is 32.1. The molecule has 25 heavy (non-hydrogen) atoms. The van der Waals surface area contributed by atoms with Crippen LogP contribution in [-0.2, 0) is 4.79 Å². The van der Waals surface area contributed by atoms with Crippen LogP contribution in [-0.4, -0.2) is 16.4 Å². The maximum Gasteiger partial charge on any atom is 0.258 e. The quantitative estimate of drug-likeness (QED) is 0.732. The Kier molecular flexibility index (Phi) is 4.72. The van der Waals surface area contributed by atoms with Gasteiger partial charge in [-0.1, -0.05) is 0 Å². The highest BCUT2D eigenvalue weighted by Gasteiger charge is 2.16. The molecular formula is C19H19N3O2S. The first kappa shape index (κ1) is 17.0. The number of amides is 2. The van der Waals surface area contributed by atoms with Gasteiger partial charge in [0.1, 0.15) is 5.00 Å². The summed E-state index contributed by atoms with van der Waals surface area (Å²) in [5.74, 6) is -0.284. The molecule has 3 rings (SSSR count). The summed E-state index contributed by atoms with van der Waals surface area (Å²) in [4.78, 5) is 23.7. The Morgan fingerprint density at radius 3 is 2.00 bits per heavy atom. The molecular weight excluding hydrogens is 334 g/mol. The number of nitrogens with zero attached hydrogens (tertiary/aromatic N) is 1. The number of hydrogen-bond donors (Lipinski definition) is 2. The van der Waals surface area contributed by atoms with E-state index in [1.54, 1.807) is 24.3 Å². The Hall–Kier alpha value is -2.86. The third-order valence-electron chi connectivity index (χ3n) is 3.83. The van der Waals surface area contributed by atoms with Gasteiger partial charge in [0, 0.05) is 29.7 Å². The molecule has 1 aromatic carbocycles. The van der Waals surface area contributed by atoms with Crippen molar-refractivity contribution in [3.8, 4) is 5.00 Å². The van der Waals surface area contributed by atoms with Gasteiger partial charge in [0.15, 0.2) is 0 Å². The molecule has 2 N–H and O–H groups in total. The number of anilines is 2. The predicted molar refractivity (Wildman–Crippen MR) is 102 cm³/mol. The van der Waals surface area contributed by atoms with Gasteiger partial charge in [0.05, 0.1) is 5.56 Å². The van der Waals surface area contributed by atoms with Crippen molar-refractivity contribution in [2.24, 2.45) is 0 Å². The van der Waals surface area contributed by atoms with Crippen LogP contribution in [0.15, 0.2) is 47.8 Å². The van der Waals surface area contributed by atoms with Gasteiger partial charge >= 0.3 is 0 Å². The van der Waals surface area contributed by atoms with Gasteiger partial charge in [-0.2, -0.15) is 0 Å². The molecule has 0 radical (unpaired) electrons. The van der Waals surface area contributed by atoms with Crippen molar-refractivity contribution in [3.05, 3.63) is 64.8 Å². The van der Waals surface area contributed by atoms with Gasteiger partial charge in [-0.05, 0) is 61.7 Å². The first-order chi connectivity index (χ1) is 12.0. The number of benzene rings is 1. The molecule has 5 nitrogen and oxygen atoms in total. The standard InChI is InChI=1S/C19H19N3O2S/c1-12-4-5-13(2)22(12)19-17(10-11-25-19)18(24)21-16-8-6-15(7-9-16)20-14(3)23/h4-11H,1-3H3,(H,20,23)(H,21,24). The van der Waals surface area contributed by atoms with Gasteiger partial charge < -0.3 is 15.2 Å². The minimum absolute atomic E-state index is 0.128. The summed E-state index contributed by atoms with van der Waals surface area (Å²) < 4.78 is 2.08. The fourth-order valence-corrected chi connectivity index (χ4v) is 3.69. The fourth-order valence-electron chi connectivity index (χ4n) is 2.67. The monoisotopic (exact) mass is 353 g/mol. The SMILES string of the molecule is CC(=O)Nc1ccc(NC(=O)c2ccsc2-n2c(C)ccc2C)cc1. The maximum atomic E-state index is 12.7. The first-order valence-corrected chi connectivity index (χ1v) is 8.75. The lowest BCUT2D eigenvalue weighted by Gasteiger charge is -2.11. The van der Waals surface area contributed by atoms with Crippen molar-refractivity contribution in [3.63, 3.8) is 0 Å². The van der Waals surface area contributed by atoms with Crippen LogP contribution in [0.25, 0.3) is 5.00 Å². The van der Waals surface area contributed by atoms with E-state index in [4.69, 9.17) is 0 Å². The highest BCUT2D eigenvalue weighted by Crippen LogP contribution is 2.27. The Morgan fingerprint density at radius 1 is 0.880 bits per heavy atom. The molecule has 0 spiro atoms. The van der Waals surface area contributed by atoms with Crippen molar-refractivity contribution in [1.29, 1.82) is 0 Å². The number of thiophene rings is 1. The van der Waals surface area contributed by atoms with E-state index in [2.05, 4.69) is 15.2 Å². The van der Waals surface area contributed by atoms with Crippen LogP contribution in [0.1, 0.15) is 28.7 Å². The Labute approximate surface area is 150 Å². The number of aryl methyl sites for hydroxylation is 2. The lowest BCUT2D eigenvalue weighted by atomic mass is 10.2. The Bertz CT molecular complexity index is 903. The third kappa shape index (κ3) is 3.64.